The monoisotopic (exact) mass is 265 g/mol. The van der Waals surface area contributed by atoms with Gasteiger partial charge in [0.25, 0.3) is 0 Å². The van der Waals surface area contributed by atoms with Crippen molar-refractivity contribution in [2.24, 2.45) is 0 Å². The summed E-state index contributed by atoms with van der Waals surface area (Å²) < 4.78 is 7.84. The van der Waals surface area contributed by atoms with Gasteiger partial charge in [-0.25, -0.2) is 4.98 Å². The number of hydrogen-bond acceptors (Lipinski definition) is 4. The zero-order chi connectivity index (χ0) is 12.8. The largest absolute Gasteiger partial charge is 0.377 e. The van der Waals surface area contributed by atoms with E-state index in [1.54, 1.807) is 11.3 Å². The number of rotatable bonds is 3. The number of thiazole rings is 1. The summed E-state index contributed by atoms with van der Waals surface area (Å²) in [6.45, 7) is 8.15. The van der Waals surface area contributed by atoms with Crippen LogP contribution < -0.4 is 5.32 Å². The van der Waals surface area contributed by atoms with Gasteiger partial charge in [-0.05, 0) is 27.2 Å². The number of aromatic nitrogens is 2. The van der Waals surface area contributed by atoms with Gasteiger partial charge in [0.05, 0.1) is 17.5 Å². The first-order chi connectivity index (χ1) is 8.60. The Labute approximate surface area is 111 Å². The van der Waals surface area contributed by atoms with Gasteiger partial charge in [0.15, 0.2) is 4.96 Å². The number of hydrogen-bond donors (Lipinski definition) is 1. The summed E-state index contributed by atoms with van der Waals surface area (Å²) in [5.41, 5.74) is 2.45. The lowest BCUT2D eigenvalue weighted by Crippen LogP contribution is -2.47. The van der Waals surface area contributed by atoms with E-state index in [1.807, 2.05) is 0 Å². The number of nitrogens with zero attached hydrogens (tertiary/aromatic N) is 2. The molecule has 0 aliphatic carbocycles. The molecule has 2 aromatic rings. The van der Waals surface area contributed by atoms with Crippen molar-refractivity contribution in [2.45, 2.75) is 45.4 Å². The second kappa shape index (κ2) is 4.33. The Balaban J connectivity index is 1.80. The van der Waals surface area contributed by atoms with Crippen LogP contribution in [0, 0.1) is 6.92 Å². The molecule has 1 aliphatic rings. The third-order valence-corrected chi connectivity index (χ3v) is 4.86. The molecule has 2 unspecified atom stereocenters. The van der Waals surface area contributed by atoms with E-state index in [4.69, 9.17) is 4.74 Å². The van der Waals surface area contributed by atoms with E-state index in [0.29, 0.717) is 0 Å². The van der Waals surface area contributed by atoms with E-state index in [9.17, 15) is 0 Å². The van der Waals surface area contributed by atoms with E-state index in [1.165, 1.54) is 5.69 Å². The molecule has 0 spiro atoms. The maximum Gasteiger partial charge on any atom is 0.194 e. The Morgan fingerprint density at radius 1 is 1.67 bits per heavy atom. The van der Waals surface area contributed by atoms with E-state index in [0.717, 1.165) is 30.2 Å². The van der Waals surface area contributed by atoms with Crippen molar-refractivity contribution < 1.29 is 4.74 Å². The summed E-state index contributed by atoms with van der Waals surface area (Å²) in [6.07, 6.45) is 3.43. The Hall–Kier alpha value is -0.910. The van der Waals surface area contributed by atoms with Gasteiger partial charge < -0.3 is 10.1 Å². The Bertz CT molecular complexity index is 562. The molecule has 5 heteroatoms. The predicted molar refractivity (Wildman–Crippen MR) is 73.1 cm³/mol. The van der Waals surface area contributed by atoms with Crippen LogP contribution in [0.15, 0.2) is 11.6 Å². The van der Waals surface area contributed by atoms with E-state index in [2.05, 4.69) is 47.0 Å². The summed E-state index contributed by atoms with van der Waals surface area (Å²) >= 11 is 1.68. The van der Waals surface area contributed by atoms with Crippen LogP contribution in [0.5, 0.6) is 0 Å². The minimum Gasteiger partial charge on any atom is -0.377 e. The molecule has 0 amide bonds. The number of ether oxygens (including phenoxy) is 1. The molecule has 0 aromatic carbocycles. The third kappa shape index (κ3) is 1.86. The van der Waals surface area contributed by atoms with Crippen LogP contribution in [-0.2, 0) is 11.3 Å². The smallest absolute Gasteiger partial charge is 0.194 e. The highest BCUT2D eigenvalue weighted by molar-refractivity contribution is 7.15. The molecule has 3 heterocycles. The summed E-state index contributed by atoms with van der Waals surface area (Å²) in [5.74, 6) is 0. The van der Waals surface area contributed by atoms with E-state index in [-0.39, 0.29) is 11.6 Å². The van der Waals surface area contributed by atoms with E-state index >= 15 is 0 Å². The van der Waals surface area contributed by atoms with Crippen LogP contribution in [0.4, 0.5) is 0 Å². The highest BCUT2D eigenvalue weighted by Gasteiger charge is 2.36. The summed E-state index contributed by atoms with van der Waals surface area (Å²) in [5, 5.41) is 5.73. The molecule has 1 aliphatic heterocycles. The molecule has 4 nitrogen and oxygen atoms in total. The van der Waals surface area contributed by atoms with Crippen molar-refractivity contribution in [3.63, 3.8) is 0 Å². The molecular weight excluding hydrogens is 246 g/mol. The Morgan fingerprint density at radius 2 is 2.50 bits per heavy atom. The van der Waals surface area contributed by atoms with Gasteiger partial charge in [-0.2, -0.15) is 0 Å². The first-order valence-electron chi connectivity index (χ1n) is 6.38. The van der Waals surface area contributed by atoms with Gasteiger partial charge in [0, 0.05) is 30.3 Å². The molecule has 0 bridgehead atoms. The quantitative estimate of drug-likeness (QED) is 0.926. The number of fused-ring (bicyclic) bond motifs is 1. The Kier molecular flexibility index (Phi) is 2.92. The minimum atomic E-state index is 0.0760. The fraction of sp³-hybridized carbons (Fsp3) is 0.615. The molecular formula is C13H19N3OS. The van der Waals surface area contributed by atoms with Gasteiger partial charge in [-0.3, -0.25) is 4.40 Å². The van der Waals surface area contributed by atoms with Crippen LogP contribution in [0.25, 0.3) is 4.96 Å². The average molecular weight is 265 g/mol. The third-order valence-electron chi connectivity index (χ3n) is 4.11. The van der Waals surface area contributed by atoms with Crippen molar-refractivity contribution in [3.8, 4) is 0 Å². The first kappa shape index (κ1) is 12.1. The molecule has 1 N–H and O–H groups in total. The second-order valence-corrected chi connectivity index (χ2v) is 6.11. The SMILES string of the molecule is Cc1nc2sccn2c1CNC1(C)CCOC1C. The lowest BCUT2D eigenvalue weighted by molar-refractivity contribution is 0.0880. The summed E-state index contributed by atoms with van der Waals surface area (Å²) in [7, 11) is 0. The molecule has 3 rings (SSSR count). The van der Waals surface area contributed by atoms with Gasteiger partial charge in [0.2, 0.25) is 0 Å². The zero-order valence-electron chi connectivity index (χ0n) is 11.1. The first-order valence-corrected chi connectivity index (χ1v) is 7.26. The molecule has 18 heavy (non-hydrogen) atoms. The fourth-order valence-corrected chi connectivity index (χ4v) is 3.28. The summed E-state index contributed by atoms with van der Waals surface area (Å²) in [6, 6.07) is 0. The van der Waals surface area contributed by atoms with Gasteiger partial charge in [0.1, 0.15) is 0 Å². The van der Waals surface area contributed by atoms with Crippen molar-refractivity contribution in [2.75, 3.05) is 6.61 Å². The zero-order valence-corrected chi connectivity index (χ0v) is 11.9. The molecule has 0 radical (unpaired) electrons. The Morgan fingerprint density at radius 3 is 3.22 bits per heavy atom. The fourth-order valence-electron chi connectivity index (χ4n) is 2.51. The van der Waals surface area contributed by atoms with Crippen LogP contribution in [0.1, 0.15) is 31.7 Å². The van der Waals surface area contributed by atoms with Gasteiger partial charge >= 0.3 is 0 Å². The number of aryl methyl sites for hydroxylation is 1. The van der Waals surface area contributed by atoms with Gasteiger partial charge in [-0.1, -0.05) is 0 Å². The normalized spacial score (nSPS) is 28.3. The lowest BCUT2D eigenvalue weighted by Gasteiger charge is -2.29. The van der Waals surface area contributed by atoms with Crippen LogP contribution >= 0.6 is 11.3 Å². The van der Waals surface area contributed by atoms with Crippen molar-refractivity contribution in [1.29, 1.82) is 0 Å². The van der Waals surface area contributed by atoms with Crippen molar-refractivity contribution in [3.05, 3.63) is 23.0 Å². The minimum absolute atomic E-state index is 0.0760. The molecule has 2 atom stereocenters. The molecule has 2 aromatic heterocycles. The lowest BCUT2D eigenvalue weighted by atomic mass is 9.94. The highest BCUT2D eigenvalue weighted by Crippen LogP contribution is 2.26. The number of imidazole rings is 1. The van der Waals surface area contributed by atoms with Crippen LogP contribution in [0.3, 0.4) is 0 Å². The molecule has 0 saturated carbocycles. The molecule has 98 valence electrons. The van der Waals surface area contributed by atoms with Crippen LogP contribution in [-0.4, -0.2) is 27.6 Å². The maximum atomic E-state index is 5.66. The predicted octanol–water partition coefficient (Wildman–Crippen LogP) is 2.36. The molecule has 1 fully saturated rings. The molecule has 1 saturated heterocycles. The maximum absolute atomic E-state index is 5.66. The van der Waals surface area contributed by atoms with Gasteiger partial charge in [-0.15, -0.1) is 11.3 Å². The average Bonchev–Trinajstić information content (AvgIpc) is 2.95. The standard InChI is InChI=1S/C13H19N3OS/c1-9-11(16-5-7-18-12(16)15-9)8-14-13(3)4-6-17-10(13)2/h5,7,10,14H,4,6,8H2,1-3H3. The van der Waals surface area contributed by atoms with Crippen molar-refractivity contribution in [1.82, 2.24) is 14.7 Å². The van der Waals surface area contributed by atoms with Crippen LogP contribution in [0.2, 0.25) is 0 Å². The van der Waals surface area contributed by atoms with Crippen molar-refractivity contribution >= 4 is 16.3 Å². The second-order valence-electron chi connectivity index (χ2n) is 5.23. The summed E-state index contributed by atoms with van der Waals surface area (Å²) in [4.78, 5) is 5.64. The van der Waals surface area contributed by atoms with E-state index < -0.39 is 0 Å². The highest BCUT2D eigenvalue weighted by atomic mass is 32.1. The topological polar surface area (TPSA) is 38.6 Å². The number of nitrogens with one attached hydrogen (secondary N) is 1.